The summed E-state index contributed by atoms with van der Waals surface area (Å²) in [4.78, 5) is 26.3. The first-order chi connectivity index (χ1) is 12.0. The number of carbonyl (C=O) groups is 2. The van der Waals surface area contributed by atoms with Crippen LogP contribution in [0.5, 0.6) is 0 Å². The molecular weight excluding hydrogens is 323 g/mol. The van der Waals surface area contributed by atoms with E-state index in [0.717, 1.165) is 24.8 Å². The van der Waals surface area contributed by atoms with E-state index in [9.17, 15) is 14.0 Å². The summed E-state index contributed by atoms with van der Waals surface area (Å²) in [5, 5.41) is 3.13. The zero-order valence-electron chi connectivity index (χ0n) is 14.6. The van der Waals surface area contributed by atoms with Crippen LogP contribution in [0.4, 0.5) is 9.18 Å². The van der Waals surface area contributed by atoms with Crippen LogP contribution in [-0.4, -0.2) is 42.6 Å². The molecule has 1 aliphatic heterocycles. The minimum Gasteiger partial charge on any atom is -0.450 e. The minimum atomic E-state index is -0.597. The molecule has 2 amide bonds. The van der Waals surface area contributed by atoms with Crippen LogP contribution in [0.3, 0.4) is 0 Å². The van der Waals surface area contributed by atoms with Gasteiger partial charge in [0, 0.05) is 19.1 Å². The summed E-state index contributed by atoms with van der Waals surface area (Å²) in [7, 11) is 0. The molecule has 1 aromatic carbocycles. The number of piperidine rings is 1. The number of nitrogens with one attached hydrogen (secondary N) is 1. The molecule has 1 N–H and O–H groups in total. The van der Waals surface area contributed by atoms with Crippen molar-refractivity contribution in [2.45, 2.75) is 50.5 Å². The highest BCUT2D eigenvalue weighted by Crippen LogP contribution is 2.44. The van der Waals surface area contributed by atoms with Gasteiger partial charge in [0.25, 0.3) is 0 Å². The van der Waals surface area contributed by atoms with E-state index < -0.39 is 5.41 Å². The summed E-state index contributed by atoms with van der Waals surface area (Å²) in [6.07, 6.45) is 3.62. The number of likely N-dealkylation sites (tertiary alicyclic amines) is 1. The third kappa shape index (κ3) is 3.62. The Labute approximate surface area is 147 Å². The second kappa shape index (κ2) is 7.42. The van der Waals surface area contributed by atoms with Gasteiger partial charge >= 0.3 is 6.09 Å². The molecule has 0 spiro atoms. The van der Waals surface area contributed by atoms with E-state index >= 15 is 0 Å². The first kappa shape index (κ1) is 17.7. The Balaban J connectivity index is 1.60. The monoisotopic (exact) mass is 348 g/mol. The van der Waals surface area contributed by atoms with E-state index in [1.807, 2.05) is 6.07 Å². The fourth-order valence-electron chi connectivity index (χ4n) is 3.71. The predicted molar refractivity (Wildman–Crippen MR) is 91.7 cm³/mol. The Morgan fingerprint density at radius 3 is 2.60 bits per heavy atom. The molecule has 1 saturated carbocycles. The Morgan fingerprint density at radius 2 is 2.04 bits per heavy atom. The lowest BCUT2D eigenvalue weighted by Gasteiger charge is -2.42. The Hall–Kier alpha value is -2.11. The summed E-state index contributed by atoms with van der Waals surface area (Å²) in [5.74, 6) is -0.321. The maximum absolute atomic E-state index is 13.6. The average Bonchev–Trinajstić information content (AvgIpc) is 2.55. The molecule has 6 heteroatoms. The first-order valence-corrected chi connectivity index (χ1v) is 9.04. The van der Waals surface area contributed by atoms with E-state index in [2.05, 4.69) is 5.32 Å². The van der Waals surface area contributed by atoms with Gasteiger partial charge in [0.2, 0.25) is 5.91 Å². The van der Waals surface area contributed by atoms with Crippen LogP contribution in [0.2, 0.25) is 0 Å². The van der Waals surface area contributed by atoms with Gasteiger partial charge in [-0.3, -0.25) is 4.79 Å². The maximum atomic E-state index is 13.6. The SMILES string of the molecule is CCOC(=O)N1CCC(NC(=O)C2(c3cccc(F)c3)CCC2)CC1. The molecule has 0 bridgehead atoms. The molecule has 0 unspecified atom stereocenters. The van der Waals surface area contributed by atoms with Crippen LogP contribution < -0.4 is 5.32 Å². The van der Waals surface area contributed by atoms with Gasteiger partial charge in [0.1, 0.15) is 5.82 Å². The van der Waals surface area contributed by atoms with Crippen molar-refractivity contribution in [1.82, 2.24) is 10.2 Å². The molecule has 1 heterocycles. The number of nitrogens with zero attached hydrogens (tertiary/aromatic N) is 1. The highest BCUT2D eigenvalue weighted by Gasteiger charge is 2.46. The van der Waals surface area contributed by atoms with E-state index in [0.29, 0.717) is 32.5 Å². The molecule has 0 aromatic heterocycles. The molecule has 2 fully saturated rings. The molecule has 1 aliphatic carbocycles. The zero-order chi connectivity index (χ0) is 17.9. The van der Waals surface area contributed by atoms with Gasteiger partial charge in [-0.05, 0) is 50.3 Å². The molecule has 3 rings (SSSR count). The number of ether oxygens (including phenoxy) is 1. The molecule has 0 radical (unpaired) electrons. The van der Waals surface area contributed by atoms with Crippen LogP contribution in [0.1, 0.15) is 44.6 Å². The van der Waals surface area contributed by atoms with Crippen molar-refractivity contribution in [2.24, 2.45) is 0 Å². The molecular formula is C19H25FN2O3. The Morgan fingerprint density at radius 1 is 1.32 bits per heavy atom. The average molecular weight is 348 g/mol. The summed E-state index contributed by atoms with van der Waals surface area (Å²) in [6, 6.07) is 6.42. The van der Waals surface area contributed by atoms with Crippen molar-refractivity contribution < 1.29 is 18.7 Å². The van der Waals surface area contributed by atoms with Crippen LogP contribution in [0.25, 0.3) is 0 Å². The predicted octanol–water partition coefficient (Wildman–Crippen LogP) is 2.98. The van der Waals surface area contributed by atoms with Crippen molar-refractivity contribution in [2.75, 3.05) is 19.7 Å². The number of halogens is 1. The standard InChI is InChI=1S/C19H25FN2O3/c1-2-25-18(24)22-11-7-16(8-12-22)21-17(23)19(9-4-10-19)14-5-3-6-15(20)13-14/h3,5-6,13,16H,2,4,7-12H2,1H3,(H,21,23). The van der Waals surface area contributed by atoms with E-state index in [-0.39, 0.29) is 23.9 Å². The lowest BCUT2D eigenvalue weighted by molar-refractivity contribution is -0.131. The minimum absolute atomic E-state index is 0.0149. The number of hydrogen-bond acceptors (Lipinski definition) is 3. The summed E-state index contributed by atoms with van der Waals surface area (Å²) in [6.45, 7) is 3.31. The molecule has 1 aromatic rings. The lowest BCUT2D eigenvalue weighted by atomic mass is 9.63. The molecule has 1 saturated heterocycles. The zero-order valence-corrected chi connectivity index (χ0v) is 14.6. The van der Waals surface area contributed by atoms with Crippen molar-refractivity contribution in [3.05, 3.63) is 35.6 Å². The van der Waals surface area contributed by atoms with E-state index in [1.54, 1.807) is 17.9 Å². The Kier molecular flexibility index (Phi) is 5.25. The second-order valence-electron chi connectivity index (χ2n) is 6.88. The molecule has 25 heavy (non-hydrogen) atoms. The van der Waals surface area contributed by atoms with Gasteiger partial charge in [-0.2, -0.15) is 0 Å². The van der Waals surface area contributed by atoms with Crippen LogP contribution in [0, 0.1) is 5.82 Å². The Bertz CT molecular complexity index is 637. The fourth-order valence-corrected chi connectivity index (χ4v) is 3.71. The lowest BCUT2D eigenvalue weighted by Crippen LogP contribution is -2.54. The molecule has 136 valence electrons. The summed E-state index contributed by atoms with van der Waals surface area (Å²) in [5.41, 5.74) is 0.167. The number of carbonyl (C=O) groups excluding carboxylic acids is 2. The van der Waals surface area contributed by atoms with Gasteiger partial charge in [0.15, 0.2) is 0 Å². The first-order valence-electron chi connectivity index (χ1n) is 9.04. The van der Waals surface area contributed by atoms with Gasteiger partial charge in [-0.25, -0.2) is 9.18 Å². The van der Waals surface area contributed by atoms with Crippen molar-refractivity contribution >= 4 is 12.0 Å². The van der Waals surface area contributed by atoms with Crippen molar-refractivity contribution in [1.29, 1.82) is 0 Å². The largest absolute Gasteiger partial charge is 0.450 e. The van der Waals surface area contributed by atoms with Gasteiger partial charge < -0.3 is 15.0 Å². The normalized spacial score (nSPS) is 19.8. The van der Waals surface area contributed by atoms with Crippen LogP contribution in [0.15, 0.2) is 24.3 Å². The van der Waals surface area contributed by atoms with Gasteiger partial charge in [-0.1, -0.05) is 18.6 Å². The quantitative estimate of drug-likeness (QED) is 0.910. The van der Waals surface area contributed by atoms with Crippen molar-refractivity contribution in [3.63, 3.8) is 0 Å². The molecule has 2 aliphatic rings. The van der Waals surface area contributed by atoms with Gasteiger partial charge in [0.05, 0.1) is 12.0 Å². The number of benzene rings is 1. The second-order valence-corrected chi connectivity index (χ2v) is 6.88. The highest BCUT2D eigenvalue weighted by atomic mass is 19.1. The third-order valence-corrected chi connectivity index (χ3v) is 5.38. The smallest absolute Gasteiger partial charge is 0.409 e. The summed E-state index contributed by atoms with van der Waals surface area (Å²) >= 11 is 0. The van der Waals surface area contributed by atoms with Crippen LogP contribution in [-0.2, 0) is 14.9 Å². The van der Waals surface area contributed by atoms with Gasteiger partial charge in [-0.15, -0.1) is 0 Å². The molecule has 0 atom stereocenters. The topological polar surface area (TPSA) is 58.6 Å². The van der Waals surface area contributed by atoms with E-state index in [4.69, 9.17) is 4.74 Å². The maximum Gasteiger partial charge on any atom is 0.409 e. The molecule has 5 nitrogen and oxygen atoms in total. The number of rotatable bonds is 4. The van der Waals surface area contributed by atoms with E-state index in [1.165, 1.54) is 12.1 Å². The number of amides is 2. The fraction of sp³-hybridized carbons (Fsp3) is 0.579. The summed E-state index contributed by atoms with van der Waals surface area (Å²) < 4.78 is 18.6. The third-order valence-electron chi connectivity index (χ3n) is 5.38. The van der Waals surface area contributed by atoms with Crippen molar-refractivity contribution in [3.8, 4) is 0 Å². The van der Waals surface area contributed by atoms with Crippen LogP contribution >= 0.6 is 0 Å². The number of hydrogen-bond donors (Lipinski definition) is 1. The highest BCUT2D eigenvalue weighted by molar-refractivity contribution is 5.89.